The van der Waals surface area contributed by atoms with Gasteiger partial charge in [0.2, 0.25) is 5.91 Å². The predicted molar refractivity (Wildman–Crippen MR) is 150 cm³/mol. The molecule has 0 spiro atoms. The Bertz CT molecular complexity index is 1540. The van der Waals surface area contributed by atoms with E-state index in [0.29, 0.717) is 43.3 Å². The van der Waals surface area contributed by atoms with Crippen LogP contribution in [0.15, 0.2) is 48.8 Å². The number of amides is 1. The normalized spacial score (nSPS) is 23.2. The Balaban J connectivity index is 1.35. The van der Waals surface area contributed by atoms with E-state index in [1.807, 2.05) is 30.5 Å². The van der Waals surface area contributed by atoms with Gasteiger partial charge in [-0.15, -0.1) is 0 Å². The molecule has 0 bridgehead atoms. The van der Waals surface area contributed by atoms with Crippen LogP contribution in [-0.4, -0.2) is 55.0 Å². The van der Waals surface area contributed by atoms with Gasteiger partial charge >= 0.3 is 0 Å². The Morgan fingerprint density at radius 1 is 1.12 bits per heavy atom. The Morgan fingerprint density at radius 3 is 2.50 bits per heavy atom. The summed E-state index contributed by atoms with van der Waals surface area (Å²) in [7, 11) is -2.47. The monoisotopic (exact) mass is 561 g/mol. The number of anilines is 1. The minimum absolute atomic E-state index is 0.0874. The number of nitrogens with one attached hydrogen (secondary N) is 2. The van der Waals surface area contributed by atoms with Crippen LogP contribution in [0.25, 0.3) is 16.9 Å². The van der Waals surface area contributed by atoms with Crippen molar-refractivity contribution in [2.24, 2.45) is 5.92 Å². The van der Waals surface area contributed by atoms with Crippen LogP contribution in [0.3, 0.4) is 0 Å². The molecular weight excluding hydrogens is 529 g/mol. The lowest BCUT2D eigenvalue weighted by molar-refractivity contribution is -0.127. The lowest BCUT2D eigenvalue weighted by Crippen LogP contribution is -2.42. The number of hydrogen-bond acceptors (Lipinski definition) is 7. The van der Waals surface area contributed by atoms with Gasteiger partial charge < -0.3 is 10.2 Å². The molecular formula is C29H32FN7O2S. The molecule has 2 atom stereocenters. The van der Waals surface area contributed by atoms with E-state index in [4.69, 9.17) is 9.88 Å². The third kappa shape index (κ3) is 5.32. The summed E-state index contributed by atoms with van der Waals surface area (Å²) in [6, 6.07) is 13.3. The molecule has 2 saturated carbocycles. The Kier molecular flexibility index (Phi) is 6.82. The van der Waals surface area contributed by atoms with Crippen molar-refractivity contribution in [1.29, 1.82) is 10.0 Å². The molecule has 1 saturated heterocycles. The zero-order chi connectivity index (χ0) is 27.9. The van der Waals surface area contributed by atoms with E-state index >= 15 is 0 Å². The topological polar surface area (TPSA) is 128 Å². The van der Waals surface area contributed by atoms with Crippen molar-refractivity contribution in [2.45, 2.75) is 50.0 Å². The minimum atomic E-state index is -2.47. The fraction of sp³-hybridized carbons (Fsp3) is 0.448. The SMILES string of the molecule is N#CC1(NC(=O)[C@@H]2CCCC[C@H]2c2nn(-c3ccc(F)cn3)cc2-c2ccc(N3CCS(=N)(=O)CC3)cc2)CC1. The second-order valence-electron chi connectivity index (χ2n) is 11.1. The van der Waals surface area contributed by atoms with Crippen molar-refractivity contribution < 1.29 is 13.4 Å². The predicted octanol–water partition coefficient (Wildman–Crippen LogP) is 4.39. The summed E-state index contributed by atoms with van der Waals surface area (Å²) < 4.78 is 35.2. The molecule has 3 fully saturated rings. The van der Waals surface area contributed by atoms with E-state index in [9.17, 15) is 18.7 Å². The highest BCUT2D eigenvalue weighted by Crippen LogP contribution is 2.43. The van der Waals surface area contributed by atoms with Crippen molar-refractivity contribution in [3.05, 3.63) is 60.3 Å². The van der Waals surface area contributed by atoms with E-state index < -0.39 is 21.1 Å². The fourth-order valence-corrected chi connectivity index (χ4v) is 7.07. The minimum Gasteiger partial charge on any atom is -0.370 e. The number of halogens is 1. The quantitative estimate of drug-likeness (QED) is 0.460. The van der Waals surface area contributed by atoms with Crippen LogP contribution >= 0.6 is 0 Å². The van der Waals surface area contributed by atoms with Gasteiger partial charge in [0.15, 0.2) is 5.82 Å². The first-order chi connectivity index (χ1) is 19.3. The number of carbonyl (C=O) groups excluding carboxylic acids is 1. The van der Waals surface area contributed by atoms with Gasteiger partial charge in [0.1, 0.15) is 11.4 Å². The average molecular weight is 562 g/mol. The summed E-state index contributed by atoms with van der Waals surface area (Å²) in [6.45, 7) is 1.17. The standard InChI is InChI=1S/C29H32FN7O2S/c30-21-7-10-26(33-17-21)37-18-25(20-5-8-22(9-6-20)36-13-15-40(32,39)16-14-36)27(35-37)23-3-1-2-4-24(23)28(38)34-29(19-31)11-12-29/h5-10,17-18,23-24,32H,1-4,11-16H2,(H,34,38)/t23-,24-/m1/s1. The van der Waals surface area contributed by atoms with E-state index in [1.165, 1.54) is 6.07 Å². The zero-order valence-corrected chi connectivity index (χ0v) is 23.0. The maximum absolute atomic E-state index is 13.6. The number of aromatic nitrogens is 3. The second-order valence-corrected chi connectivity index (χ2v) is 13.6. The van der Waals surface area contributed by atoms with Gasteiger partial charge in [-0.2, -0.15) is 10.4 Å². The molecule has 9 nitrogen and oxygen atoms in total. The van der Waals surface area contributed by atoms with E-state index in [1.54, 1.807) is 10.7 Å². The molecule has 0 unspecified atom stereocenters. The van der Waals surface area contributed by atoms with Crippen LogP contribution in [-0.2, 0) is 14.5 Å². The lowest BCUT2D eigenvalue weighted by atomic mass is 9.75. The smallest absolute Gasteiger partial charge is 0.225 e. The van der Waals surface area contributed by atoms with E-state index in [2.05, 4.69) is 21.3 Å². The second kappa shape index (κ2) is 10.3. The molecule has 0 radical (unpaired) electrons. The highest BCUT2D eigenvalue weighted by Gasteiger charge is 2.47. The van der Waals surface area contributed by atoms with Gasteiger partial charge in [0, 0.05) is 63.6 Å². The van der Waals surface area contributed by atoms with Gasteiger partial charge in [0.05, 0.1) is 18.0 Å². The summed E-state index contributed by atoms with van der Waals surface area (Å²) in [5.74, 6) is 0.276. The number of pyridine rings is 1. The summed E-state index contributed by atoms with van der Waals surface area (Å²) in [5, 5.41) is 17.5. The first kappa shape index (κ1) is 26.4. The molecule has 1 aromatic carbocycles. The molecule has 3 aliphatic rings. The van der Waals surface area contributed by atoms with E-state index in [0.717, 1.165) is 54.4 Å². The first-order valence-electron chi connectivity index (χ1n) is 13.8. The first-order valence-corrected chi connectivity index (χ1v) is 15.7. The van der Waals surface area contributed by atoms with Crippen molar-refractivity contribution in [3.63, 3.8) is 0 Å². The van der Waals surface area contributed by atoms with Crippen molar-refractivity contribution in [3.8, 4) is 23.0 Å². The fourth-order valence-electron chi connectivity index (χ4n) is 5.83. The van der Waals surface area contributed by atoms with Crippen LogP contribution in [0.4, 0.5) is 10.1 Å². The molecule has 3 heterocycles. The Hall–Kier alpha value is -3.78. The van der Waals surface area contributed by atoms with Gasteiger partial charge in [-0.1, -0.05) is 25.0 Å². The highest BCUT2D eigenvalue weighted by atomic mass is 32.2. The molecule has 208 valence electrons. The highest BCUT2D eigenvalue weighted by molar-refractivity contribution is 7.92. The number of carbonyl (C=O) groups is 1. The number of hydrogen-bond donors (Lipinski definition) is 2. The Labute approximate surface area is 233 Å². The van der Waals surface area contributed by atoms with Gasteiger partial charge in [-0.05, 0) is 55.5 Å². The summed E-state index contributed by atoms with van der Waals surface area (Å²) >= 11 is 0. The molecule has 2 N–H and O–H groups in total. The van der Waals surface area contributed by atoms with Crippen LogP contribution in [0.2, 0.25) is 0 Å². The molecule has 2 aliphatic carbocycles. The van der Waals surface area contributed by atoms with Crippen molar-refractivity contribution in [2.75, 3.05) is 29.5 Å². The number of nitrogens with zero attached hydrogens (tertiary/aromatic N) is 5. The van der Waals surface area contributed by atoms with Crippen LogP contribution in [0, 0.1) is 27.8 Å². The lowest BCUT2D eigenvalue weighted by Gasteiger charge is -2.31. The number of rotatable bonds is 6. The largest absolute Gasteiger partial charge is 0.370 e. The summed E-state index contributed by atoms with van der Waals surface area (Å²) in [6.07, 6.45) is 7.87. The molecule has 40 heavy (non-hydrogen) atoms. The molecule has 1 aliphatic heterocycles. The number of nitriles is 1. The number of benzene rings is 1. The molecule has 11 heteroatoms. The molecule has 1 amide bonds. The molecule has 6 rings (SSSR count). The van der Waals surface area contributed by atoms with Gasteiger partial charge in [0.25, 0.3) is 0 Å². The summed E-state index contributed by atoms with van der Waals surface area (Å²) in [5.41, 5.74) is 2.91. The van der Waals surface area contributed by atoms with Crippen molar-refractivity contribution in [1.82, 2.24) is 20.1 Å². The van der Waals surface area contributed by atoms with E-state index in [-0.39, 0.29) is 17.7 Å². The van der Waals surface area contributed by atoms with Gasteiger partial charge in [-0.3, -0.25) is 9.57 Å². The molecule has 2 aromatic heterocycles. The third-order valence-corrected chi connectivity index (χ3v) is 10.1. The Morgan fingerprint density at radius 2 is 1.85 bits per heavy atom. The average Bonchev–Trinajstić information content (AvgIpc) is 3.60. The zero-order valence-electron chi connectivity index (χ0n) is 22.2. The van der Waals surface area contributed by atoms with Crippen molar-refractivity contribution >= 4 is 21.3 Å². The van der Waals surface area contributed by atoms with Crippen LogP contribution < -0.4 is 10.2 Å². The third-order valence-electron chi connectivity index (χ3n) is 8.40. The maximum atomic E-state index is 13.6. The molecule has 3 aromatic rings. The van der Waals surface area contributed by atoms with Gasteiger partial charge in [-0.25, -0.2) is 18.3 Å². The van der Waals surface area contributed by atoms with Crippen LogP contribution in [0.1, 0.15) is 50.1 Å². The maximum Gasteiger partial charge on any atom is 0.225 e. The van der Waals surface area contributed by atoms with Crippen LogP contribution in [0.5, 0.6) is 0 Å². The summed E-state index contributed by atoms with van der Waals surface area (Å²) in [4.78, 5) is 19.8.